The van der Waals surface area contributed by atoms with Crippen molar-refractivity contribution in [3.8, 4) is 0 Å². The first-order chi connectivity index (χ1) is 17.8. The molecule has 0 radical (unpaired) electrons. The number of nitrogens with zero attached hydrogens (tertiary/aromatic N) is 5. The van der Waals surface area contributed by atoms with Crippen LogP contribution in [0, 0.1) is 6.92 Å². The molecule has 37 heavy (non-hydrogen) atoms. The van der Waals surface area contributed by atoms with Crippen LogP contribution in [0.4, 0.5) is 20.8 Å². The van der Waals surface area contributed by atoms with Crippen LogP contribution in [-0.2, 0) is 14.2 Å². The van der Waals surface area contributed by atoms with Crippen LogP contribution in [0.3, 0.4) is 0 Å². The van der Waals surface area contributed by atoms with Crippen LogP contribution < -0.4 is 10.6 Å². The van der Waals surface area contributed by atoms with Gasteiger partial charge in [-0.05, 0) is 20.8 Å². The number of alkyl halides is 1. The third-order valence-corrected chi connectivity index (χ3v) is 5.99. The number of ether oxygens (including phenoxy) is 3. The fourth-order valence-corrected chi connectivity index (χ4v) is 4.25. The number of hydrogen-bond acceptors (Lipinski definition) is 9. The van der Waals surface area contributed by atoms with Crippen molar-refractivity contribution < 1.29 is 28.2 Å². The highest BCUT2D eigenvalue weighted by molar-refractivity contribution is 5.94. The van der Waals surface area contributed by atoms with Gasteiger partial charge >= 0.3 is 6.09 Å². The van der Waals surface area contributed by atoms with Gasteiger partial charge in [0, 0.05) is 31.3 Å². The van der Waals surface area contributed by atoms with Gasteiger partial charge in [0.2, 0.25) is 0 Å². The lowest BCUT2D eigenvalue weighted by molar-refractivity contribution is 0.0299. The Kier molecular flexibility index (Phi) is 6.93. The van der Waals surface area contributed by atoms with Crippen molar-refractivity contribution in [2.75, 3.05) is 38.2 Å². The van der Waals surface area contributed by atoms with Crippen LogP contribution in [-0.4, -0.2) is 92.9 Å². The summed E-state index contributed by atoms with van der Waals surface area (Å²) < 4.78 is 32.6. The predicted octanol–water partition coefficient (Wildman–Crippen LogP) is 1.89. The first-order valence-corrected chi connectivity index (χ1v) is 12.1. The first kappa shape index (κ1) is 24.9. The number of alkyl carbamates (subject to hydrolysis) is 1. The summed E-state index contributed by atoms with van der Waals surface area (Å²) in [5.41, 5.74) is 1.93. The molecule has 3 N–H and O–H groups in total. The summed E-state index contributed by atoms with van der Waals surface area (Å²) in [6.45, 7) is 7.32. The molecule has 2 aliphatic heterocycles. The summed E-state index contributed by atoms with van der Waals surface area (Å²) >= 11 is 0. The van der Waals surface area contributed by atoms with Gasteiger partial charge in [-0.25, -0.2) is 18.7 Å². The number of carbonyl (C=O) groups is 2. The highest BCUT2D eigenvalue weighted by Gasteiger charge is 2.42. The maximum Gasteiger partial charge on any atom is 0.407 e. The number of H-pyrrole nitrogens is 1. The average molecular weight is 517 g/mol. The second-order valence-electron chi connectivity index (χ2n) is 9.27. The van der Waals surface area contributed by atoms with E-state index in [1.807, 2.05) is 0 Å². The molecule has 2 fully saturated rings. The predicted molar refractivity (Wildman–Crippen MR) is 128 cm³/mol. The van der Waals surface area contributed by atoms with E-state index in [2.05, 4.69) is 30.9 Å². The Labute approximate surface area is 211 Å². The number of aromatic nitrogens is 5. The molecule has 2 saturated heterocycles. The Morgan fingerprint density at radius 1 is 1.27 bits per heavy atom. The summed E-state index contributed by atoms with van der Waals surface area (Å²) in [7, 11) is 0. The van der Waals surface area contributed by atoms with Gasteiger partial charge in [0.1, 0.15) is 11.6 Å². The number of morpholine rings is 1. The third kappa shape index (κ3) is 5.34. The molecule has 5 heterocycles. The molecule has 0 aliphatic carbocycles. The molecule has 2 amide bonds. The van der Waals surface area contributed by atoms with Gasteiger partial charge in [-0.1, -0.05) is 0 Å². The van der Waals surface area contributed by atoms with E-state index in [-0.39, 0.29) is 18.6 Å². The minimum Gasteiger partial charge on any atom is -0.441 e. The van der Waals surface area contributed by atoms with Crippen LogP contribution in [0.2, 0.25) is 0 Å². The lowest BCUT2D eigenvalue weighted by Crippen LogP contribution is -2.40. The molecule has 3 atom stereocenters. The number of anilines is 2. The van der Waals surface area contributed by atoms with E-state index in [4.69, 9.17) is 14.2 Å². The molecule has 5 rings (SSSR count). The van der Waals surface area contributed by atoms with Crippen LogP contribution >= 0.6 is 0 Å². The zero-order chi connectivity index (χ0) is 26.1. The summed E-state index contributed by atoms with van der Waals surface area (Å²) in [5, 5.41) is 17.1. The van der Waals surface area contributed by atoms with Gasteiger partial charge in [0.05, 0.1) is 37.4 Å². The molecule has 0 bridgehead atoms. The van der Waals surface area contributed by atoms with Crippen molar-refractivity contribution in [3.63, 3.8) is 0 Å². The number of carbonyl (C=O) groups excluding carboxylic acids is 2. The fourth-order valence-electron chi connectivity index (χ4n) is 4.25. The van der Waals surface area contributed by atoms with Gasteiger partial charge in [-0.2, -0.15) is 10.2 Å². The van der Waals surface area contributed by atoms with Crippen molar-refractivity contribution in [3.05, 3.63) is 35.4 Å². The quantitative estimate of drug-likeness (QED) is 0.447. The second kappa shape index (κ2) is 10.3. The largest absolute Gasteiger partial charge is 0.441 e. The average Bonchev–Trinajstić information content (AvgIpc) is 3.58. The van der Waals surface area contributed by atoms with Crippen LogP contribution in [0.1, 0.15) is 41.8 Å². The Bertz CT molecular complexity index is 1290. The first-order valence-electron chi connectivity index (χ1n) is 12.1. The number of hydrogen-bond donors (Lipinski definition) is 3. The van der Waals surface area contributed by atoms with Gasteiger partial charge in [-0.3, -0.25) is 9.89 Å². The molecule has 0 saturated carbocycles. The van der Waals surface area contributed by atoms with E-state index in [0.29, 0.717) is 60.5 Å². The molecule has 0 unspecified atom stereocenters. The summed E-state index contributed by atoms with van der Waals surface area (Å²) in [6.07, 6.45) is -2.55. The summed E-state index contributed by atoms with van der Waals surface area (Å²) in [4.78, 5) is 31.0. The maximum atomic E-state index is 15.0. The lowest BCUT2D eigenvalue weighted by Gasteiger charge is -2.25. The highest BCUT2D eigenvalue weighted by Crippen LogP contribution is 2.34. The molecule has 0 aromatic carbocycles. The van der Waals surface area contributed by atoms with Gasteiger partial charge in [0.25, 0.3) is 5.91 Å². The molecule has 13 nitrogen and oxygen atoms in total. The molecular weight excluding hydrogens is 487 g/mol. The minimum atomic E-state index is -1.57. The van der Waals surface area contributed by atoms with Gasteiger partial charge < -0.3 is 29.7 Å². The van der Waals surface area contributed by atoms with Crippen molar-refractivity contribution in [2.45, 2.75) is 45.2 Å². The van der Waals surface area contributed by atoms with E-state index in [1.54, 1.807) is 48.5 Å². The molecule has 2 aliphatic rings. The van der Waals surface area contributed by atoms with E-state index >= 15 is 0 Å². The minimum absolute atomic E-state index is 0.0744. The fraction of sp³-hybridized carbons (Fsp3) is 0.522. The number of aromatic amines is 1. The number of fused-ring (bicyclic) bond motifs is 1. The normalized spacial score (nSPS) is 22.0. The number of rotatable bonds is 6. The van der Waals surface area contributed by atoms with Gasteiger partial charge in [0.15, 0.2) is 29.6 Å². The number of halogens is 1. The standard InChI is InChI=1S/C23H29FN8O5/c1-12(2)25-23(34)37-17-11-36-20(19(17)24)14-9-18(29-28-14)27-21-16-8-15(30-32(16)10-13(3)26-21)22(33)31-4-6-35-7-5-31/h8-10,12,17,19-20H,4-7,11H2,1-3H3,(H,25,34)(H2,26,27,28,29)/t17-,19+,20-/m1/s1. The van der Waals surface area contributed by atoms with Crippen molar-refractivity contribution in [1.29, 1.82) is 0 Å². The summed E-state index contributed by atoms with van der Waals surface area (Å²) in [6, 6.07) is 3.14. The second-order valence-corrected chi connectivity index (χ2v) is 9.27. The Morgan fingerprint density at radius 2 is 2.05 bits per heavy atom. The zero-order valence-electron chi connectivity index (χ0n) is 20.7. The smallest absolute Gasteiger partial charge is 0.407 e. The van der Waals surface area contributed by atoms with Crippen molar-refractivity contribution in [1.82, 2.24) is 35.0 Å². The number of amides is 2. The van der Waals surface area contributed by atoms with Crippen LogP contribution in [0.25, 0.3) is 5.52 Å². The van der Waals surface area contributed by atoms with Crippen molar-refractivity contribution >= 4 is 29.2 Å². The molecule has 198 valence electrons. The molecule has 0 spiro atoms. The lowest BCUT2D eigenvalue weighted by atomic mass is 10.1. The monoisotopic (exact) mass is 516 g/mol. The number of nitrogens with one attached hydrogen (secondary N) is 3. The Hall–Kier alpha value is -3.78. The third-order valence-electron chi connectivity index (χ3n) is 5.99. The topological polar surface area (TPSA) is 148 Å². The summed E-state index contributed by atoms with van der Waals surface area (Å²) in [5.74, 6) is 0.626. The van der Waals surface area contributed by atoms with E-state index in [0.717, 1.165) is 0 Å². The van der Waals surface area contributed by atoms with Gasteiger partial charge in [-0.15, -0.1) is 0 Å². The molecule has 3 aromatic heterocycles. The van der Waals surface area contributed by atoms with Crippen LogP contribution in [0.5, 0.6) is 0 Å². The Balaban J connectivity index is 1.30. The van der Waals surface area contributed by atoms with E-state index in [1.165, 1.54) is 0 Å². The van der Waals surface area contributed by atoms with E-state index in [9.17, 15) is 14.0 Å². The Morgan fingerprint density at radius 3 is 2.81 bits per heavy atom. The SMILES string of the molecule is Cc1cn2nc(C(=O)N3CCOCC3)cc2c(Nc2cc([C@H]3OC[C@@H](OC(=O)NC(C)C)[C@@H]3F)[nH]n2)n1. The molecule has 14 heteroatoms. The molecular formula is C23H29FN8O5. The van der Waals surface area contributed by atoms with Crippen LogP contribution in [0.15, 0.2) is 18.3 Å². The zero-order valence-corrected chi connectivity index (χ0v) is 20.7. The number of aryl methyl sites for hydroxylation is 1. The maximum absolute atomic E-state index is 15.0. The molecule has 3 aromatic rings. The van der Waals surface area contributed by atoms with Crippen molar-refractivity contribution in [2.24, 2.45) is 0 Å². The highest BCUT2D eigenvalue weighted by atomic mass is 19.1. The van der Waals surface area contributed by atoms with E-state index < -0.39 is 24.5 Å².